The van der Waals surface area contributed by atoms with E-state index in [2.05, 4.69) is 32.2 Å². The van der Waals surface area contributed by atoms with E-state index in [4.69, 9.17) is 16.3 Å². The van der Waals surface area contributed by atoms with Crippen LogP contribution in [0.5, 0.6) is 0 Å². The molecule has 128 valence electrons. The minimum Gasteiger partial charge on any atom is -0.379 e. The van der Waals surface area contributed by atoms with Crippen molar-refractivity contribution >= 4 is 44.8 Å². The average molecular weight is 430 g/mol. The summed E-state index contributed by atoms with van der Waals surface area (Å²) in [4.78, 5) is 15.4. The molecule has 1 atom stereocenters. The predicted octanol–water partition coefficient (Wildman–Crippen LogP) is 3.97. The Hall–Kier alpha value is -0.920. The molecule has 0 bridgehead atoms. The number of benzene rings is 1. The first-order valence-electron chi connectivity index (χ1n) is 7.73. The van der Waals surface area contributed by atoms with Gasteiger partial charge in [0, 0.05) is 29.1 Å². The molecule has 1 unspecified atom stereocenters. The Labute approximate surface area is 158 Å². The number of thiophene rings is 1. The summed E-state index contributed by atoms with van der Waals surface area (Å²) < 4.78 is 6.28. The Morgan fingerprint density at radius 3 is 2.83 bits per heavy atom. The summed E-state index contributed by atoms with van der Waals surface area (Å²) in [7, 11) is 0. The van der Waals surface area contributed by atoms with Gasteiger partial charge in [0.2, 0.25) is 0 Å². The zero-order chi connectivity index (χ0) is 16.9. The fraction of sp³-hybridized carbons (Fsp3) is 0.353. The Morgan fingerprint density at radius 1 is 1.38 bits per heavy atom. The van der Waals surface area contributed by atoms with Crippen molar-refractivity contribution in [3.05, 3.63) is 55.6 Å². The molecule has 4 nitrogen and oxygen atoms in total. The Bertz CT molecular complexity index is 703. The number of amides is 1. The van der Waals surface area contributed by atoms with Crippen LogP contribution in [0.4, 0.5) is 0 Å². The molecule has 1 aliphatic heterocycles. The third-order valence-corrected chi connectivity index (χ3v) is 6.07. The molecule has 1 fully saturated rings. The van der Waals surface area contributed by atoms with Crippen LogP contribution in [0.2, 0.25) is 5.02 Å². The molecule has 24 heavy (non-hydrogen) atoms. The molecular formula is C17H18BrClN2O2S. The van der Waals surface area contributed by atoms with Gasteiger partial charge in [0.15, 0.2) is 0 Å². The van der Waals surface area contributed by atoms with Crippen LogP contribution < -0.4 is 5.32 Å². The molecule has 1 amide bonds. The first-order valence-corrected chi connectivity index (χ1v) is 9.78. The summed E-state index contributed by atoms with van der Waals surface area (Å²) in [5, 5.41) is 5.66. The van der Waals surface area contributed by atoms with Crippen LogP contribution in [0, 0.1) is 0 Å². The first kappa shape index (κ1) is 17.9. The van der Waals surface area contributed by atoms with Crippen LogP contribution in [0.25, 0.3) is 0 Å². The number of nitrogens with one attached hydrogen (secondary N) is 1. The van der Waals surface area contributed by atoms with Gasteiger partial charge in [-0.05, 0) is 45.1 Å². The second kappa shape index (κ2) is 8.45. The number of rotatable bonds is 5. The van der Waals surface area contributed by atoms with Gasteiger partial charge in [-0.2, -0.15) is 0 Å². The van der Waals surface area contributed by atoms with E-state index in [0.29, 0.717) is 29.7 Å². The van der Waals surface area contributed by atoms with E-state index in [9.17, 15) is 4.79 Å². The first-order chi connectivity index (χ1) is 11.6. The summed E-state index contributed by atoms with van der Waals surface area (Å²) in [5.41, 5.74) is 1.11. The Kier molecular flexibility index (Phi) is 6.30. The van der Waals surface area contributed by atoms with Crippen LogP contribution in [-0.4, -0.2) is 43.7 Å². The summed E-state index contributed by atoms with van der Waals surface area (Å²) >= 11 is 11.0. The second-order valence-electron chi connectivity index (χ2n) is 5.53. The highest BCUT2D eigenvalue weighted by Gasteiger charge is 2.24. The summed E-state index contributed by atoms with van der Waals surface area (Å²) in [5.74, 6) is -0.0582. The number of halogens is 2. The van der Waals surface area contributed by atoms with E-state index >= 15 is 0 Å². The monoisotopic (exact) mass is 428 g/mol. The van der Waals surface area contributed by atoms with Crippen LogP contribution in [0.15, 0.2) is 40.2 Å². The molecule has 0 spiro atoms. The number of carbonyl (C=O) groups is 1. The summed E-state index contributed by atoms with van der Waals surface area (Å²) in [6, 6.07) is 9.80. The van der Waals surface area contributed by atoms with E-state index in [1.807, 2.05) is 29.6 Å². The van der Waals surface area contributed by atoms with Crippen molar-refractivity contribution in [2.45, 2.75) is 6.04 Å². The number of morpholine rings is 1. The third-order valence-electron chi connectivity index (χ3n) is 4.00. The summed E-state index contributed by atoms with van der Waals surface area (Å²) in [6.45, 7) is 3.64. The fourth-order valence-electron chi connectivity index (χ4n) is 2.79. The number of nitrogens with zero attached hydrogens (tertiary/aromatic N) is 1. The molecule has 0 saturated carbocycles. The molecule has 1 aliphatic rings. The van der Waals surface area contributed by atoms with Crippen molar-refractivity contribution < 1.29 is 9.53 Å². The quantitative estimate of drug-likeness (QED) is 0.782. The predicted molar refractivity (Wildman–Crippen MR) is 101 cm³/mol. The molecule has 0 radical (unpaired) electrons. The van der Waals surface area contributed by atoms with Crippen molar-refractivity contribution in [1.29, 1.82) is 0 Å². The molecule has 1 saturated heterocycles. The topological polar surface area (TPSA) is 41.6 Å². The maximum absolute atomic E-state index is 12.4. The highest BCUT2D eigenvalue weighted by atomic mass is 79.9. The lowest BCUT2D eigenvalue weighted by atomic mass is 10.0. The van der Waals surface area contributed by atoms with E-state index < -0.39 is 0 Å². The van der Waals surface area contributed by atoms with Crippen molar-refractivity contribution in [1.82, 2.24) is 10.2 Å². The normalized spacial score (nSPS) is 16.8. The molecule has 1 N–H and O–H groups in total. The Morgan fingerprint density at radius 2 is 2.17 bits per heavy atom. The van der Waals surface area contributed by atoms with E-state index in [-0.39, 0.29) is 11.9 Å². The average Bonchev–Trinajstić information content (AvgIpc) is 3.02. The van der Waals surface area contributed by atoms with Crippen LogP contribution in [0.3, 0.4) is 0 Å². The zero-order valence-electron chi connectivity index (χ0n) is 13.0. The van der Waals surface area contributed by atoms with Gasteiger partial charge in [0.1, 0.15) is 4.88 Å². The lowest BCUT2D eigenvalue weighted by molar-refractivity contribution is 0.0162. The molecule has 1 aromatic heterocycles. The molecule has 0 aliphatic carbocycles. The second-order valence-corrected chi connectivity index (χ2v) is 7.73. The third kappa shape index (κ3) is 4.37. The van der Waals surface area contributed by atoms with Crippen LogP contribution in [-0.2, 0) is 4.74 Å². The SMILES string of the molecule is O=C(NCC(c1cccc(Cl)c1)N1CCOCC1)c1sccc1Br. The molecule has 1 aromatic carbocycles. The molecular weight excluding hydrogens is 412 g/mol. The molecule has 2 heterocycles. The lowest BCUT2D eigenvalue weighted by Gasteiger charge is -2.35. The largest absolute Gasteiger partial charge is 0.379 e. The van der Waals surface area contributed by atoms with Gasteiger partial charge in [-0.25, -0.2) is 0 Å². The van der Waals surface area contributed by atoms with Crippen molar-refractivity contribution in [2.24, 2.45) is 0 Å². The fourth-order valence-corrected chi connectivity index (χ4v) is 4.45. The number of hydrogen-bond donors (Lipinski definition) is 1. The van der Waals surface area contributed by atoms with Gasteiger partial charge >= 0.3 is 0 Å². The highest BCUT2D eigenvalue weighted by Crippen LogP contribution is 2.25. The smallest absolute Gasteiger partial charge is 0.262 e. The van der Waals surface area contributed by atoms with Gasteiger partial charge in [0.25, 0.3) is 5.91 Å². The maximum atomic E-state index is 12.4. The van der Waals surface area contributed by atoms with Gasteiger partial charge < -0.3 is 10.1 Å². The lowest BCUT2D eigenvalue weighted by Crippen LogP contribution is -2.43. The minimum absolute atomic E-state index is 0.0582. The standard InChI is InChI=1S/C17H18BrClN2O2S/c18-14-4-9-24-16(14)17(22)20-11-15(21-5-7-23-8-6-21)12-2-1-3-13(19)10-12/h1-4,9-10,15H,5-8,11H2,(H,20,22). The van der Waals surface area contributed by atoms with E-state index in [1.54, 1.807) is 0 Å². The van der Waals surface area contributed by atoms with Gasteiger partial charge in [0.05, 0.1) is 19.3 Å². The maximum Gasteiger partial charge on any atom is 0.262 e. The van der Waals surface area contributed by atoms with Crippen LogP contribution in [0.1, 0.15) is 21.3 Å². The number of ether oxygens (including phenoxy) is 1. The van der Waals surface area contributed by atoms with Gasteiger partial charge in [-0.3, -0.25) is 9.69 Å². The zero-order valence-corrected chi connectivity index (χ0v) is 16.2. The number of carbonyl (C=O) groups excluding carboxylic acids is 1. The number of hydrogen-bond acceptors (Lipinski definition) is 4. The molecule has 2 aromatic rings. The van der Waals surface area contributed by atoms with Crippen molar-refractivity contribution in [3.8, 4) is 0 Å². The van der Waals surface area contributed by atoms with E-state index in [1.165, 1.54) is 11.3 Å². The highest BCUT2D eigenvalue weighted by molar-refractivity contribution is 9.10. The minimum atomic E-state index is -0.0582. The Balaban J connectivity index is 1.74. The van der Waals surface area contributed by atoms with Crippen molar-refractivity contribution in [2.75, 3.05) is 32.8 Å². The van der Waals surface area contributed by atoms with Gasteiger partial charge in [-0.1, -0.05) is 23.7 Å². The van der Waals surface area contributed by atoms with Gasteiger partial charge in [-0.15, -0.1) is 11.3 Å². The molecule has 3 rings (SSSR count). The summed E-state index contributed by atoms with van der Waals surface area (Å²) in [6.07, 6.45) is 0. The molecule has 7 heteroatoms. The van der Waals surface area contributed by atoms with E-state index in [0.717, 1.165) is 23.1 Å². The van der Waals surface area contributed by atoms with Crippen molar-refractivity contribution in [3.63, 3.8) is 0 Å². The van der Waals surface area contributed by atoms with Crippen LogP contribution >= 0.6 is 38.9 Å².